The van der Waals surface area contributed by atoms with Gasteiger partial charge in [0.05, 0.1) is 5.69 Å². The van der Waals surface area contributed by atoms with Gasteiger partial charge in [-0.3, -0.25) is 9.78 Å². The van der Waals surface area contributed by atoms with Crippen LogP contribution < -0.4 is 16.6 Å². The van der Waals surface area contributed by atoms with Gasteiger partial charge in [-0.15, -0.1) is 0 Å². The molecule has 1 heterocycles. The molecule has 0 bridgehead atoms. The quantitative estimate of drug-likeness (QED) is 0.457. The molecule has 0 atom stereocenters. The average molecular weight is 408 g/mol. The van der Waals surface area contributed by atoms with Crippen LogP contribution in [0.2, 0.25) is 0 Å². The third-order valence-corrected chi connectivity index (χ3v) is 4.75. The van der Waals surface area contributed by atoms with Gasteiger partial charge in [0.1, 0.15) is 5.56 Å². The maximum atomic E-state index is 12.3. The number of aromatic hydroxyl groups is 1. The zero-order chi connectivity index (χ0) is 21.1. The molecule has 1 aromatic heterocycles. The minimum atomic E-state index is -0.755. The lowest BCUT2D eigenvalue weighted by atomic mass is 10.1. The predicted octanol–water partition coefficient (Wildman–Crippen LogP) is 2.97. The Morgan fingerprint density at radius 1 is 1.10 bits per heavy atom. The number of aryl methyl sites for hydroxylation is 3. The topological polar surface area (TPSA) is 99.5 Å². The van der Waals surface area contributed by atoms with Gasteiger partial charge in [-0.2, -0.15) is 0 Å². The van der Waals surface area contributed by atoms with Crippen molar-refractivity contribution in [3.8, 4) is 11.6 Å². The van der Waals surface area contributed by atoms with Crippen LogP contribution in [0.1, 0.15) is 22.3 Å². The van der Waals surface area contributed by atoms with Crippen molar-refractivity contribution < 1.29 is 5.11 Å². The van der Waals surface area contributed by atoms with Crippen LogP contribution in [-0.2, 0) is 0 Å². The minimum absolute atomic E-state index is 0.112. The molecule has 0 fully saturated rings. The van der Waals surface area contributed by atoms with Gasteiger partial charge in [-0.1, -0.05) is 24.3 Å². The van der Waals surface area contributed by atoms with Gasteiger partial charge < -0.3 is 10.4 Å². The zero-order valence-electron chi connectivity index (χ0n) is 16.2. The van der Waals surface area contributed by atoms with E-state index in [0.717, 1.165) is 33.2 Å². The van der Waals surface area contributed by atoms with Crippen LogP contribution in [0.15, 0.2) is 57.0 Å². The molecule has 0 radical (unpaired) electrons. The average Bonchev–Trinajstić information content (AvgIpc) is 2.66. The number of rotatable bonds is 3. The summed E-state index contributed by atoms with van der Waals surface area (Å²) in [5.41, 5.74) is 2.56. The second-order valence-corrected chi connectivity index (χ2v) is 6.99. The number of benzene rings is 2. The number of anilines is 1. The Hall–Kier alpha value is -3.52. The van der Waals surface area contributed by atoms with Crippen LogP contribution >= 0.6 is 12.2 Å². The molecule has 0 saturated carbocycles. The van der Waals surface area contributed by atoms with Gasteiger partial charge >= 0.3 is 5.69 Å². The summed E-state index contributed by atoms with van der Waals surface area (Å²) >= 11 is 5.20. The van der Waals surface area contributed by atoms with Crippen molar-refractivity contribution in [1.29, 1.82) is 0 Å². The van der Waals surface area contributed by atoms with Crippen LogP contribution in [0, 0.1) is 20.8 Å². The number of nitrogens with one attached hydrogen (secondary N) is 2. The first-order valence-electron chi connectivity index (χ1n) is 8.84. The highest BCUT2D eigenvalue weighted by Crippen LogP contribution is 2.18. The summed E-state index contributed by atoms with van der Waals surface area (Å²) in [6.45, 7) is 5.79. The van der Waals surface area contributed by atoms with Gasteiger partial charge in [0.15, 0.2) is 5.11 Å². The fourth-order valence-corrected chi connectivity index (χ4v) is 2.96. The van der Waals surface area contributed by atoms with E-state index in [2.05, 4.69) is 15.3 Å². The third-order valence-electron chi connectivity index (χ3n) is 4.55. The molecule has 2 aromatic carbocycles. The fraction of sp³-hybridized carbons (Fsp3) is 0.143. The van der Waals surface area contributed by atoms with Gasteiger partial charge in [-0.25, -0.2) is 14.4 Å². The number of H-pyrrole nitrogens is 1. The highest BCUT2D eigenvalue weighted by atomic mass is 32.1. The van der Waals surface area contributed by atoms with Crippen molar-refractivity contribution in [2.45, 2.75) is 20.8 Å². The highest BCUT2D eigenvalue weighted by Gasteiger charge is 2.15. The molecule has 29 heavy (non-hydrogen) atoms. The van der Waals surface area contributed by atoms with E-state index in [4.69, 9.17) is 12.2 Å². The Labute approximate surface area is 172 Å². The van der Waals surface area contributed by atoms with E-state index in [1.165, 1.54) is 0 Å². The molecule has 3 rings (SSSR count). The molecule has 148 valence electrons. The van der Waals surface area contributed by atoms with Crippen molar-refractivity contribution in [3.05, 3.63) is 85.6 Å². The number of hydrogen-bond acceptors (Lipinski definition) is 4. The van der Waals surface area contributed by atoms with Gasteiger partial charge in [0, 0.05) is 11.9 Å². The maximum absolute atomic E-state index is 12.3. The van der Waals surface area contributed by atoms with E-state index < -0.39 is 17.1 Å². The summed E-state index contributed by atoms with van der Waals surface area (Å²) in [6, 6.07) is 12.8. The predicted molar refractivity (Wildman–Crippen MR) is 119 cm³/mol. The molecule has 0 saturated heterocycles. The molecule has 3 N–H and O–H groups in total. The first-order chi connectivity index (χ1) is 13.8. The third kappa shape index (κ3) is 4.33. The molecule has 0 aliphatic heterocycles. The summed E-state index contributed by atoms with van der Waals surface area (Å²) in [5.74, 6) is -0.509. The Kier molecular flexibility index (Phi) is 5.74. The Morgan fingerprint density at radius 2 is 1.83 bits per heavy atom. The van der Waals surface area contributed by atoms with E-state index in [9.17, 15) is 14.7 Å². The molecule has 3 aromatic rings. The second kappa shape index (κ2) is 8.24. The Bertz CT molecular complexity index is 1240. The fourth-order valence-electron chi connectivity index (χ4n) is 2.79. The molecule has 0 aliphatic rings. The lowest BCUT2D eigenvalue weighted by molar-refractivity contribution is 0.430. The number of aromatic nitrogens is 2. The SMILES string of the molecule is Cc1ccc(NC(=S)N=Cc2c(O)n(-c3ccccc3C)c(=O)[nH]c2=O)cc1C. The van der Waals surface area contributed by atoms with Crippen LogP contribution in [0.3, 0.4) is 0 Å². The first kappa shape index (κ1) is 20.2. The second-order valence-electron chi connectivity index (χ2n) is 6.61. The number of aromatic amines is 1. The summed E-state index contributed by atoms with van der Waals surface area (Å²) in [7, 11) is 0. The smallest absolute Gasteiger partial charge is 0.335 e. The van der Waals surface area contributed by atoms with E-state index in [0.29, 0.717) is 5.69 Å². The van der Waals surface area contributed by atoms with Crippen LogP contribution in [0.4, 0.5) is 5.69 Å². The Morgan fingerprint density at radius 3 is 2.52 bits per heavy atom. The monoisotopic (exact) mass is 408 g/mol. The molecular formula is C21H20N4O3S. The molecule has 7 nitrogen and oxygen atoms in total. The number of thiocarbonyl (C=S) groups is 1. The van der Waals surface area contributed by atoms with E-state index in [-0.39, 0.29) is 10.7 Å². The summed E-state index contributed by atoms with van der Waals surface area (Å²) < 4.78 is 1.03. The van der Waals surface area contributed by atoms with Crippen molar-refractivity contribution in [2.75, 3.05) is 5.32 Å². The summed E-state index contributed by atoms with van der Waals surface area (Å²) in [4.78, 5) is 30.7. The minimum Gasteiger partial charge on any atom is -0.493 e. The van der Waals surface area contributed by atoms with Crippen LogP contribution in [-0.4, -0.2) is 26.0 Å². The number of nitrogens with zero attached hydrogens (tertiary/aromatic N) is 2. The molecule has 8 heteroatoms. The lowest BCUT2D eigenvalue weighted by Crippen LogP contribution is -2.31. The normalized spacial score (nSPS) is 11.0. The Balaban J connectivity index is 1.94. The van der Waals surface area contributed by atoms with Crippen molar-refractivity contribution in [2.24, 2.45) is 4.99 Å². The molecule has 0 amide bonds. The molecule has 0 aliphatic carbocycles. The van der Waals surface area contributed by atoms with Crippen molar-refractivity contribution >= 4 is 29.2 Å². The first-order valence-corrected chi connectivity index (χ1v) is 9.25. The van der Waals surface area contributed by atoms with Crippen molar-refractivity contribution in [1.82, 2.24) is 9.55 Å². The van der Waals surface area contributed by atoms with Crippen LogP contribution in [0.5, 0.6) is 5.88 Å². The molecule has 0 unspecified atom stereocenters. The molecule has 0 spiro atoms. The van der Waals surface area contributed by atoms with Gasteiger partial charge in [-0.05, 0) is 67.9 Å². The molecular weight excluding hydrogens is 388 g/mol. The van der Waals surface area contributed by atoms with E-state index >= 15 is 0 Å². The van der Waals surface area contributed by atoms with Gasteiger partial charge in [0.2, 0.25) is 5.88 Å². The van der Waals surface area contributed by atoms with E-state index in [1.807, 2.05) is 38.1 Å². The maximum Gasteiger partial charge on any atom is 0.335 e. The summed E-state index contributed by atoms with van der Waals surface area (Å²) in [6.07, 6.45) is 1.14. The zero-order valence-corrected chi connectivity index (χ0v) is 17.0. The summed E-state index contributed by atoms with van der Waals surface area (Å²) in [5, 5.41) is 13.7. The van der Waals surface area contributed by atoms with Gasteiger partial charge in [0.25, 0.3) is 5.56 Å². The number of hydrogen-bond donors (Lipinski definition) is 3. The van der Waals surface area contributed by atoms with E-state index in [1.54, 1.807) is 25.1 Å². The van der Waals surface area contributed by atoms with Crippen LogP contribution in [0.25, 0.3) is 5.69 Å². The lowest BCUT2D eigenvalue weighted by Gasteiger charge is -2.12. The van der Waals surface area contributed by atoms with Crippen molar-refractivity contribution in [3.63, 3.8) is 0 Å². The largest absolute Gasteiger partial charge is 0.493 e. The standard InChI is InChI=1S/C21H20N4O3S/c1-12-8-9-15(10-14(12)3)23-20(29)22-11-16-18(26)24-21(28)25(19(16)27)17-7-5-4-6-13(17)2/h4-11,27H,1-3H3,(H,23,29)(H,24,26,28). The number of para-hydroxylation sites is 1. The highest BCUT2D eigenvalue weighted by molar-refractivity contribution is 7.80. The number of aliphatic imine (C=N–C) groups is 1.